The molecule has 6 heteroatoms. The zero-order chi connectivity index (χ0) is 13.1. The fraction of sp³-hybridized carbons (Fsp3) is 0.364. The molecule has 1 unspecified atom stereocenters. The number of benzene rings is 1. The largest absolute Gasteiger partial charge is 0.406 e. The van der Waals surface area contributed by atoms with E-state index in [1.54, 1.807) is 6.92 Å². The highest BCUT2D eigenvalue weighted by molar-refractivity contribution is 5.50. The van der Waals surface area contributed by atoms with Gasteiger partial charge in [-0.15, -0.1) is 0 Å². The third-order valence-electron chi connectivity index (χ3n) is 2.24. The highest BCUT2D eigenvalue weighted by Crippen LogP contribution is 2.26. The Morgan fingerprint density at radius 2 is 2.06 bits per heavy atom. The summed E-state index contributed by atoms with van der Waals surface area (Å²) in [6, 6.07) is 4.87. The van der Waals surface area contributed by atoms with Crippen molar-refractivity contribution in [3.63, 3.8) is 0 Å². The van der Waals surface area contributed by atoms with Gasteiger partial charge >= 0.3 is 6.18 Å². The minimum absolute atomic E-state index is 0.385. The van der Waals surface area contributed by atoms with Crippen molar-refractivity contribution in [1.29, 1.82) is 5.26 Å². The molecule has 0 amide bonds. The summed E-state index contributed by atoms with van der Waals surface area (Å²) in [5.74, 6) is -2.53. The van der Waals surface area contributed by atoms with Crippen LogP contribution in [0.4, 0.5) is 23.2 Å². The lowest BCUT2D eigenvalue weighted by Crippen LogP contribution is -2.28. The molecule has 0 saturated heterocycles. The van der Waals surface area contributed by atoms with Crippen LogP contribution in [0.25, 0.3) is 0 Å². The molecule has 0 saturated carbocycles. The predicted octanol–water partition coefficient (Wildman–Crippen LogP) is 3.25. The first kappa shape index (κ1) is 13.3. The molecular formula is C11H10F4N2. The van der Waals surface area contributed by atoms with E-state index in [1.165, 1.54) is 18.2 Å². The number of aryl methyl sites for hydroxylation is 1. The first-order chi connectivity index (χ1) is 7.84. The zero-order valence-electron chi connectivity index (χ0n) is 8.98. The Hall–Kier alpha value is -1.77. The van der Waals surface area contributed by atoms with E-state index in [2.05, 4.69) is 5.32 Å². The van der Waals surface area contributed by atoms with Gasteiger partial charge in [0.05, 0.1) is 6.07 Å². The molecular weight excluding hydrogens is 236 g/mol. The molecule has 0 bridgehead atoms. The van der Waals surface area contributed by atoms with Gasteiger partial charge in [-0.1, -0.05) is 0 Å². The molecule has 0 heterocycles. The second-order valence-corrected chi connectivity index (χ2v) is 3.56. The lowest BCUT2D eigenvalue weighted by Gasteiger charge is -2.15. The second kappa shape index (κ2) is 5.04. The Bertz CT molecular complexity index is 434. The summed E-state index contributed by atoms with van der Waals surface area (Å²) in [4.78, 5) is 0. The van der Waals surface area contributed by atoms with E-state index in [1.807, 2.05) is 0 Å². The van der Waals surface area contributed by atoms with Gasteiger partial charge in [0.1, 0.15) is 5.82 Å². The summed E-state index contributed by atoms with van der Waals surface area (Å²) in [6.07, 6.45) is -4.56. The predicted molar refractivity (Wildman–Crippen MR) is 54.8 cm³/mol. The fourth-order valence-corrected chi connectivity index (χ4v) is 1.27. The molecule has 0 aliphatic heterocycles. The molecule has 0 aromatic heterocycles. The molecule has 1 aromatic carbocycles. The van der Waals surface area contributed by atoms with Crippen LogP contribution in [0.3, 0.4) is 0 Å². The van der Waals surface area contributed by atoms with Crippen molar-refractivity contribution >= 4 is 5.69 Å². The van der Waals surface area contributed by atoms with Crippen LogP contribution < -0.4 is 5.32 Å². The van der Waals surface area contributed by atoms with Crippen molar-refractivity contribution in [3.8, 4) is 6.07 Å². The van der Waals surface area contributed by atoms with Crippen LogP contribution in [0.15, 0.2) is 18.2 Å². The summed E-state index contributed by atoms with van der Waals surface area (Å²) < 4.78 is 49.5. The van der Waals surface area contributed by atoms with Gasteiger partial charge in [0.15, 0.2) is 5.92 Å². The molecule has 0 aliphatic carbocycles. The van der Waals surface area contributed by atoms with E-state index in [0.717, 1.165) is 6.07 Å². The standard InChI is InChI=1S/C11H10F4N2/c1-7-4-9(12)2-3-10(7)17-6-8(5-16)11(13,14)15/h2-4,8,17H,6H2,1H3. The van der Waals surface area contributed by atoms with Gasteiger partial charge < -0.3 is 5.32 Å². The zero-order valence-corrected chi connectivity index (χ0v) is 8.98. The maximum Gasteiger partial charge on any atom is 0.406 e. The van der Waals surface area contributed by atoms with Crippen LogP contribution in [-0.4, -0.2) is 12.7 Å². The third-order valence-corrected chi connectivity index (χ3v) is 2.24. The number of rotatable bonds is 3. The molecule has 92 valence electrons. The van der Waals surface area contributed by atoms with Crippen LogP contribution in [0.1, 0.15) is 5.56 Å². The summed E-state index contributed by atoms with van der Waals surface area (Å²) in [5.41, 5.74) is 0.875. The highest BCUT2D eigenvalue weighted by atomic mass is 19.4. The van der Waals surface area contributed by atoms with E-state index in [4.69, 9.17) is 5.26 Å². The quantitative estimate of drug-likeness (QED) is 0.831. The lowest BCUT2D eigenvalue weighted by molar-refractivity contribution is -0.155. The van der Waals surface area contributed by atoms with Crippen molar-refractivity contribution in [2.75, 3.05) is 11.9 Å². The highest BCUT2D eigenvalue weighted by Gasteiger charge is 2.39. The van der Waals surface area contributed by atoms with Gasteiger partial charge in [-0.25, -0.2) is 4.39 Å². The van der Waals surface area contributed by atoms with Crippen LogP contribution in [0.2, 0.25) is 0 Å². The van der Waals surface area contributed by atoms with E-state index in [0.29, 0.717) is 11.3 Å². The SMILES string of the molecule is Cc1cc(F)ccc1NCC(C#N)C(F)(F)F. The number of anilines is 1. The smallest absolute Gasteiger partial charge is 0.383 e. The van der Waals surface area contributed by atoms with Crippen LogP contribution in [0.5, 0.6) is 0 Å². The number of nitrogens with one attached hydrogen (secondary N) is 1. The number of nitrogens with zero attached hydrogens (tertiary/aromatic N) is 1. The van der Waals surface area contributed by atoms with E-state index in [-0.39, 0.29) is 0 Å². The average molecular weight is 246 g/mol. The number of hydrogen-bond acceptors (Lipinski definition) is 2. The molecule has 1 rings (SSSR count). The number of alkyl halides is 3. The van der Waals surface area contributed by atoms with Crippen molar-refractivity contribution in [2.45, 2.75) is 13.1 Å². The molecule has 17 heavy (non-hydrogen) atoms. The second-order valence-electron chi connectivity index (χ2n) is 3.56. The molecule has 0 radical (unpaired) electrons. The molecule has 0 fully saturated rings. The maximum atomic E-state index is 12.7. The Balaban J connectivity index is 2.71. The van der Waals surface area contributed by atoms with Gasteiger partial charge in [0.25, 0.3) is 0 Å². The topological polar surface area (TPSA) is 35.8 Å². The summed E-state index contributed by atoms with van der Waals surface area (Å²) >= 11 is 0. The Morgan fingerprint density at radius 3 is 2.53 bits per heavy atom. The number of hydrogen-bond donors (Lipinski definition) is 1. The van der Waals surface area contributed by atoms with Gasteiger partial charge in [-0.05, 0) is 30.7 Å². The van der Waals surface area contributed by atoms with Gasteiger partial charge in [0.2, 0.25) is 0 Å². The van der Waals surface area contributed by atoms with E-state index < -0.39 is 24.5 Å². The van der Waals surface area contributed by atoms with Gasteiger partial charge in [0, 0.05) is 12.2 Å². The fourth-order valence-electron chi connectivity index (χ4n) is 1.27. The van der Waals surface area contributed by atoms with Crippen molar-refractivity contribution in [3.05, 3.63) is 29.6 Å². The van der Waals surface area contributed by atoms with Crippen LogP contribution in [-0.2, 0) is 0 Å². The van der Waals surface area contributed by atoms with Crippen molar-refractivity contribution in [2.24, 2.45) is 5.92 Å². The van der Waals surface area contributed by atoms with E-state index >= 15 is 0 Å². The van der Waals surface area contributed by atoms with Crippen LogP contribution in [0, 0.1) is 30.0 Å². The average Bonchev–Trinajstić information content (AvgIpc) is 2.19. The van der Waals surface area contributed by atoms with Crippen LogP contribution >= 0.6 is 0 Å². The number of nitriles is 1. The normalized spacial score (nSPS) is 12.9. The minimum atomic E-state index is -4.56. The molecule has 2 nitrogen and oxygen atoms in total. The Kier molecular flexibility index (Phi) is 3.94. The first-order valence-electron chi connectivity index (χ1n) is 4.81. The molecule has 1 atom stereocenters. The summed E-state index contributed by atoms with van der Waals surface area (Å²) in [6.45, 7) is 1.02. The summed E-state index contributed by atoms with van der Waals surface area (Å²) in [5, 5.41) is 10.9. The van der Waals surface area contributed by atoms with Crippen molar-refractivity contribution < 1.29 is 17.6 Å². The third kappa shape index (κ3) is 3.63. The Labute approximate surface area is 95.9 Å². The lowest BCUT2D eigenvalue weighted by atomic mass is 10.1. The number of halogens is 4. The Morgan fingerprint density at radius 1 is 1.41 bits per heavy atom. The maximum absolute atomic E-state index is 12.7. The summed E-state index contributed by atoms with van der Waals surface area (Å²) in [7, 11) is 0. The minimum Gasteiger partial charge on any atom is -0.383 e. The molecule has 0 aliphatic rings. The molecule has 1 aromatic rings. The monoisotopic (exact) mass is 246 g/mol. The van der Waals surface area contributed by atoms with E-state index in [9.17, 15) is 17.6 Å². The molecule has 0 spiro atoms. The molecule has 1 N–H and O–H groups in total. The van der Waals surface area contributed by atoms with Gasteiger partial charge in [-0.2, -0.15) is 18.4 Å². The first-order valence-corrected chi connectivity index (χ1v) is 4.81. The van der Waals surface area contributed by atoms with Crippen molar-refractivity contribution in [1.82, 2.24) is 0 Å². The van der Waals surface area contributed by atoms with Gasteiger partial charge in [-0.3, -0.25) is 0 Å².